The monoisotopic (exact) mass is 465 g/mol. The summed E-state index contributed by atoms with van der Waals surface area (Å²) < 4.78 is 5.44. The number of aromatic nitrogens is 2. The first-order valence-corrected chi connectivity index (χ1v) is 12.5. The third kappa shape index (κ3) is 5.42. The van der Waals surface area contributed by atoms with Gasteiger partial charge in [-0.25, -0.2) is 9.78 Å². The zero-order chi connectivity index (χ0) is 23.3. The summed E-state index contributed by atoms with van der Waals surface area (Å²) in [6.07, 6.45) is 6.95. The fraction of sp³-hybridized carbons (Fsp3) is 0.560. The molecule has 0 saturated carbocycles. The molecule has 5 rings (SSSR count). The number of rotatable bonds is 7. The van der Waals surface area contributed by atoms with Gasteiger partial charge < -0.3 is 20.3 Å². The molecule has 2 saturated heterocycles. The van der Waals surface area contributed by atoms with Gasteiger partial charge in [0.2, 0.25) is 5.95 Å². The maximum atomic E-state index is 11.9. The number of anilines is 4. The first kappa shape index (κ1) is 22.9. The number of fused-ring (bicyclic) bond motifs is 1. The summed E-state index contributed by atoms with van der Waals surface area (Å²) in [5.74, 6) is 1.98. The van der Waals surface area contributed by atoms with Crippen LogP contribution >= 0.6 is 0 Å². The topological polar surface area (TPSA) is 85.9 Å². The van der Waals surface area contributed by atoms with E-state index in [-0.39, 0.29) is 6.03 Å². The first-order valence-electron chi connectivity index (χ1n) is 12.5. The molecule has 2 N–H and O–H groups in total. The second-order valence-corrected chi connectivity index (χ2v) is 9.46. The SMILES string of the molecule is CN1C(=O)NCc2cnc(Nc3ccc(N4CCC(CCCN5CCOCC5)CC4)cc3)nc21. The lowest BCUT2D eigenvalue weighted by molar-refractivity contribution is 0.0365. The summed E-state index contributed by atoms with van der Waals surface area (Å²) in [4.78, 5) is 27.4. The van der Waals surface area contributed by atoms with E-state index < -0.39 is 0 Å². The van der Waals surface area contributed by atoms with Gasteiger partial charge in [0, 0.05) is 62.9 Å². The molecule has 2 fully saturated rings. The Hall–Kier alpha value is -2.91. The van der Waals surface area contributed by atoms with Crippen molar-refractivity contribution in [3.8, 4) is 0 Å². The lowest BCUT2D eigenvalue weighted by Crippen LogP contribution is -2.42. The van der Waals surface area contributed by atoms with E-state index in [2.05, 4.69) is 54.7 Å². The molecular weight excluding hydrogens is 430 g/mol. The van der Waals surface area contributed by atoms with Crippen molar-refractivity contribution in [2.45, 2.75) is 32.2 Å². The largest absolute Gasteiger partial charge is 0.379 e. The fourth-order valence-corrected chi connectivity index (χ4v) is 5.05. The standard InChI is InChI=1S/C25H35N7O2/c1-30-23-20(18-27-25(30)33)17-26-24(29-23)28-21-4-6-22(7-5-21)32-11-8-19(9-12-32)3-2-10-31-13-15-34-16-14-31/h4-7,17,19H,2-3,8-16,18H2,1H3,(H,27,33)(H,26,28,29). The molecule has 182 valence electrons. The van der Waals surface area contributed by atoms with Crippen LogP contribution in [0, 0.1) is 5.92 Å². The molecule has 0 radical (unpaired) electrons. The zero-order valence-corrected chi connectivity index (χ0v) is 20.0. The number of ether oxygens (including phenoxy) is 1. The number of carbonyl (C=O) groups excluding carboxylic acids is 1. The molecule has 1 aromatic carbocycles. The zero-order valence-electron chi connectivity index (χ0n) is 20.0. The number of hydrogen-bond acceptors (Lipinski definition) is 7. The van der Waals surface area contributed by atoms with Crippen LogP contribution in [0.15, 0.2) is 30.5 Å². The Morgan fingerprint density at radius 1 is 1.12 bits per heavy atom. The third-order valence-electron chi connectivity index (χ3n) is 7.19. The van der Waals surface area contributed by atoms with Crippen LogP contribution in [0.1, 0.15) is 31.2 Å². The highest BCUT2D eigenvalue weighted by Crippen LogP contribution is 2.28. The Kier molecular flexibility index (Phi) is 7.10. The van der Waals surface area contributed by atoms with Gasteiger partial charge in [-0.3, -0.25) is 9.80 Å². The number of nitrogens with one attached hydrogen (secondary N) is 2. The van der Waals surface area contributed by atoms with Crippen molar-refractivity contribution >= 4 is 29.2 Å². The van der Waals surface area contributed by atoms with Gasteiger partial charge in [0.05, 0.1) is 13.2 Å². The minimum atomic E-state index is -0.151. The van der Waals surface area contributed by atoms with Crippen LogP contribution in [-0.4, -0.2) is 73.9 Å². The second kappa shape index (κ2) is 10.6. The average molecular weight is 466 g/mol. The van der Waals surface area contributed by atoms with E-state index >= 15 is 0 Å². The molecule has 1 aromatic heterocycles. The Morgan fingerprint density at radius 2 is 1.88 bits per heavy atom. The second-order valence-electron chi connectivity index (χ2n) is 9.46. The van der Waals surface area contributed by atoms with Crippen molar-refractivity contribution in [1.29, 1.82) is 0 Å². The molecule has 3 aliphatic rings. The number of carbonyl (C=O) groups is 1. The van der Waals surface area contributed by atoms with Crippen LogP contribution in [0.3, 0.4) is 0 Å². The van der Waals surface area contributed by atoms with Gasteiger partial charge in [-0.1, -0.05) is 0 Å². The molecule has 2 amide bonds. The molecule has 3 aliphatic heterocycles. The lowest BCUT2D eigenvalue weighted by Gasteiger charge is -2.34. The number of amides is 2. The van der Waals surface area contributed by atoms with Crippen molar-refractivity contribution in [1.82, 2.24) is 20.2 Å². The molecule has 4 heterocycles. The Balaban J connectivity index is 1.09. The highest BCUT2D eigenvalue weighted by Gasteiger charge is 2.23. The average Bonchev–Trinajstić information content (AvgIpc) is 2.88. The predicted octanol–water partition coefficient (Wildman–Crippen LogP) is 3.21. The summed E-state index contributed by atoms with van der Waals surface area (Å²) in [7, 11) is 1.71. The number of benzene rings is 1. The molecule has 9 nitrogen and oxygen atoms in total. The summed E-state index contributed by atoms with van der Waals surface area (Å²) in [6.45, 7) is 7.89. The van der Waals surface area contributed by atoms with Gasteiger partial charge in [0.1, 0.15) is 5.82 Å². The van der Waals surface area contributed by atoms with Gasteiger partial charge in [0.15, 0.2) is 0 Å². The van der Waals surface area contributed by atoms with E-state index in [1.165, 1.54) is 42.8 Å². The lowest BCUT2D eigenvalue weighted by atomic mass is 9.92. The molecule has 0 spiro atoms. The molecular formula is C25H35N7O2. The Morgan fingerprint density at radius 3 is 2.65 bits per heavy atom. The highest BCUT2D eigenvalue weighted by atomic mass is 16.5. The summed E-state index contributed by atoms with van der Waals surface area (Å²) in [5.41, 5.74) is 3.11. The van der Waals surface area contributed by atoms with Crippen LogP contribution in [-0.2, 0) is 11.3 Å². The number of hydrogen-bond donors (Lipinski definition) is 2. The van der Waals surface area contributed by atoms with E-state index in [0.717, 1.165) is 56.6 Å². The van der Waals surface area contributed by atoms with Crippen LogP contribution in [0.25, 0.3) is 0 Å². The van der Waals surface area contributed by atoms with Crippen molar-refractivity contribution < 1.29 is 9.53 Å². The van der Waals surface area contributed by atoms with Crippen LogP contribution in [0.2, 0.25) is 0 Å². The van der Waals surface area contributed by atoms with Gasteiger partial charge in [-0.05, 0) is 62.4 Å². The molecule has 2 aromatic rings. The molecule has 0 atom stereocenters. The van der Waals surface area contributed by atoms with Crippen molar-refractivity contribution in [3.63, 3.8) is 0 Å². The fourth-order valence-electron chi connectivity index (χ4n) is 5.05. The van der Waals surface area contributed by atoms with Crippen molar-refractivity contribution in [3.05, 3.63) is 36.0 Å². The molecule has 34 heavy (non-hydrogen) atoms. The number of piperidine rings is 1. The van der Waals surface area contributed by atoms with E-state index in [9.17, 15) is 4.79 Å². The van der Waals surface area contributed by atoms with E-state index in [0.29, 0.717) is 18.3 Å². The van der Waals surface area contributed by atoms with Gasteiger partial charge in [-0.2, -0.15) is 4.98 Å². The minimum Gasteiger partial charge on any atom is -0.379 e. The van der Waals surface area contributed by atoms with E-state index in [4.69, 9.17) is 4.74 Å². The first-order chi connectivity index (χ1) is 16.7. The van der Waals surface area contributed by atoms with Crippen LogP contribution < -0.4 is 20.4 Å². The number of urea groups is 1. The van der Waals surface area contributed by atoms with Crippen LogP contribution in [0.5, 0.6) is 0 Å². The highest BCUT2D eigenvalue weighted by molar-refractivity contribution is 5.93. The van der Waals surface area contributed by atoms with Gasteiger partial charge in [0.25, 0.3) is 0 Å². The van der Waals surface area contributed by atoms with E-state index in [1.54, 1.807) is 13.2 Å². The maximum absolute atomic E-state index is 11.9. The Bertz CT molecular complexity index is 970. The predicted molar refractivity (Wildman–Crippen MR) is 134 cm³/mol. The van der Waals surface area contributed by atoms with E-state index in [1.807, 2.05) is 0 Å². The Labute approximate surface area is 201 Å². The van der Waals surface area contributed by atoms with Gasteiger partial charge >= 0.3 is 6.03 Å². The molecule has 0 aliphatic carbocycles. The quantitative estimate of drug-likeness (QED) is 0.649. The summed E-state index contributed by atoms with van der Waals surface area (Å²) in [5, 5.41) is 6.06. The van der Waals surface area contributed by atoms with Gasteiger partial charge in [-0.15, -0.1) is 0 Å². The van der Waals surface area contributed by atoms with Crippen molar-refractivity contribution in [2.75, 3.05) is 68.1 Å². The molecule has 0 bridgehead atoms. The molecule has 0 unspecified atom stereocenters. The summed E-state index contributed by atoms with van der Waals surface area (Å²) in [6, 6.07) is 8.33. The minimum absolute atomic E-state index is 0.151. The third-order valence-corrected chi connectivity index (χ3v) is 7.19. The normalized spacial score (nSPS) is 19.6. The number of nitrogens with zero attached hydrogens (tertiary/aromatic N) is 5. The maximum Gasteiger partial charge on any atom is 0.323 e. The number of morpholine rings is 1. The van der Waals surface area contributed by atoms with Crippen molar-refractivity contribution in [2.24, 2.45) is 5.92 Å². The summed E-state index contributed by atoms with van der Waals surface area (Å²) >= 11 is 0. The smallest absolute Gasteiger partial charge is 0.323 e. The molecule has 9 heteroatoms. The van der Waals surface area contributed by atoms with Crippen LogP contribution in [0.4, 0.5) is 27.9 Å².